The molecule has 1 aliphatic heterocycles. The number of carboxylic acid groups (broad SMARTS) is 1. The maximum absolute atomic E-state index is 13.2. The molecule has 1 saturated heterocycles. The number of carboxylic acids is 1. The second-order valence-electron chi connectivity index (χ2n) is 17.5. The summed E-state index contributed by atoms with van der Waals surface area (Å²) in [4.78, 5) is 13.2. The molecular formula is C36H58O11. The monoisotopic (exact) mass is 666 g/mol. The molecule has 0 bridgehead atoms. The van der Waals surface area contributed by atoms with Crippen molar-refractivity contribution in [1.82, 2.24) is 0 Å². The quantitative estimate of drug-likeness (QED) is 0.185. The van der Waals surface area contributed by atoms with Gasteiger partial charge in [0.25, 0.3) is 0 Å². The number of aliphatic carboxylic acids is 1. The first-order chi connectivity index (χ1) is 22.0. The highest BCUT2D eigenvalue weighted by molar-refractivity contribution is 5.76. The van der Waals surface area contributed by atoms with Crippen LogP contribution in [0, 0.1) is 50.2 Å². The van der Waals surface area contributed by atoms with Gasteiger partial charge in [-0.05, 0) is 98.2 Å². The zero-order valence-electron chi connectivity index (χ0n) is 28.5. The predicted molar refractivity (Wildman–Crippen MR) is 170 cm³/mol. The van der Waals surface area contributed by atoms with Crippen LogP contribution in [0.4, 0.5) is 0 Å². The molecule has 0 aromatic carbocycles. The Morgan fingerprint density at radius 1 is 0.872 bits per heavy atom. The van der Waals surface area contributed by atoms with Crippen LogP contribution in [-0.4, -0.2) is 110 Å². The Balaban J connectivity index is 1.32. The number of aliphatic hydroxyl groups is 7. The summed E-state index contributed by atoms with van der Waals surface area (Å²) >= 11 is 0. The molecule has 5 aliphatic carbocycles. The summed E-state index contributed by atoms with van der Waals surface area (Å²) < 4.78 is 11.7. The Bertz CT molecular complexity index is 1240. The van der Waals surface area contributed by atoms with Gasteiger partial charge in [0.15, 0.2) is 6.29 Å². The van der Waals surface area contributed by atoms with Crippen molar-refractivity contribution >= 4 is 5.97 Å². The Kier molecular flexibility index (Phi) is 9.09. The summed E-state index contributed by atoms with van der Waals surface area (Å²) in [5.41, 5.74) is -2.09. The van der Waals surface area contributed by atoms with Gasteiger partial charge in [-0.2, -0.15) is 0 Å². The third-order valence-electron chi connectivity index (χ3n) is 15.4. The number of fused-ring (bicyclic) bond motifs is 7. The molecule has 0 aromatic heterocycles. The zero-order valence-corrected chi connectivity index (χ0v) is 28.5. The van der Waals surface area contributed by atoms with E-state index in [0.717, 1.165) is 31.3 Å². The second kappa shape index (κ2) is 12.0. The van der Waals surface area contributed by atoms with Crippen LogP contribution < -0.4 is 0 Å². The molecule has 0 aromatic rings. The number of hydrogen-bond donors (Lipinski definition) is 8. The summed E-state index contributed by atoms with van der Waals surface area (Å²) in [5, 5.41) is 84.5. The minimum atomic E-state index is -1.55. The van der Waals surface area contributed by atoms with Gasteiger partial charge in [-0.15, -0.1) is 0 Å². The SMILES string of the molecule is CC1(COC2OC(CO)C(O)C(O)C2O)CCC2(C(=O)O)CCC3(CO)C(=CCC4C5(C)CCC(O)C(C)(CO)C5CCC43C)C2C1. The van der Waals surface area contributed by atoms with Crippen LogP contribution in [0.15, 0.2) is 11.6 Å². The molecule has 4 saturated carbocycles. The van der Waals surface area contributed by atoms with E-state index in [9.17, 15) is 45.6 Å². The number of aliphatic hydroxyl groups excluding tert-OH is 7. The molecule has 5 fully saturated rings. The molecule has 6 aliphatic rings. The number of allylic oxidation sites excluding steroid dienone is 1. The molecule has 0 radical (unpaired) electrons. The van der Waals surface area contributed by atoms with Crippen LogP contribution in [0.1, 0.15) is 91.9 Å². The maximum Gasteiger partial charge on any atom is 0.310 e. The lowest BCUT2D eigenvalue weighted by Crippen LogP contribution is -2.67. The predicted octanol–water partition coefficient (Wildman–Crippen LogP) is 1.97. The molecule has 268 valence electrons. The third kappa shape index (κ3) is 4.88. The first kappa shape index (κ1) is 35.7. The molecule has 11 heteroatoms. The standard InChI is InChI=1S/C36H58O11/c1-31(19-46-29-28(43)27(42)26(41)22(16-37)47-29)11-12-35(30(44)45)13-14-36(18-39)20(21(35)15-31)5-6-24-32(2)9-8-25(40)33(3,17-38)23(32)7-10-34(24,36)4/h5,21-29,37-43H,6-19H2,1-4H3,(H,44,45). The largest absolute Gasteiger partial charge is 0.481 e. The van der Waals surface area contributed by atoms with E-state index in [1.165, 1.54) is 0 Å². The van der Waals surface area contributed by atoms with Gasteiger partial charge in [-0.1, -0.05) is 39.3 Å². The normalized spacial score (nSPS) is 54.4. The van der Waals surface area contributed by atoms with Crippen molar-refractivity contribution in [2.75, 3.05) is 26.4 Å². The molecule has 47 heavy (non-hydrogen) atoms. The van der Waals surface area contributed by atoms with E-state index >= 15 is 0 Å². The van der Waals surface area contributed by atoms with E-state index < -0.39 is 71.0 Å². The fourth-order valence-electron chi connectivity index (χ4n) is 12.3. The lowest BCUT2D eigenvalue weighted by molar-refractivity contribution is -0.307. The summed E-state index contributed by atoms with van der Waals surface area (Å²) in [5.74, 6) is -0.816. The highest BCUT2D eigenvalue weighted by atomic mass is 16.7. The summed E-state index contributed by atoms with van der Waals surface area (Å²) in [7, 11) is 0. The van der Waals surface area contributed by atoms with E-state index in [0.29, 0.717) is 38.5 Å². The topological polar surface area (TPSA) is 197 Å². The third-order valence-corrected chi connectivity index (χ3v) is 15.4. The van der Waals surface area contributed by atoms with Gasteiger partial charge in [0.1, 0.15) is 24.4 Å². The maximum atomic E-state index is 13.2. The first-order valence-corrected chi connectivity index (χ1v) is 17.8. The van der Waals surface area contributed by atoms with Crippen molar-refractivity contribution < 1.29 is 55.1 Å². The Morgan fingerprint density at radius 3 is 2.21 bits per heavy atom. The van der Waals surface area contributed by atoms with Crippen molar-refractivity contribution in [3.63, 3.8) is 0 Å². The van der Waals surface area contributed by atoms with E-state index in [-0.39, 0.29) is 48.4 Å². The first-order valence-electron chi connectivity index (χ1n) is 17.8. The van der Waals surface area contributed by atoms with E-state index in [4.69, 9.17) is 9.47 Å². The van der Waals surface area contributed by atoms with Gasteiger partial charge in [0, 0.05) is 10.8 Å². The van der Waals surface area contributed by atoms with Gasteiger partial charge < -0.3 is 50.3 Å². The molecular weight excluding hydrogens is 608 g/mol. The highest BCUT2D eigenvalue weighted by Crippen LogP contribution is 2.75. The molecule has 15 unspecified atom stereocenters. The Hall–Kier alpha value is -1.15. The van der Waals surface area contributed by atoms with Crippen LogP contribution in [0.5, 0.6) is 0 Å². The van der Waals surface area contributed by atoms with Crippen LogP contribution in [0.25, 0.3) is 0 Å². The number of rotatable bonds is 7. The van der Waals surface area contributed by atoms with Crippen molar-refractivity contribution in [2.45, 2.75) is 129 Å². The average Bonchev–Trinajstić information content (AvgIpc) is 3.04. The average molecular weight is 667 g/mol. The van der Waals surface area contributed by atoms with E-state index in [1.54, 1.807) is 0 Å². The van der Waals surface area contributed by atoms with Crippen LogP contribution >= 0.6 is 0 Å². The summed E-state index contributed by atoms with van der Waals surface area (Å²) in [6.45, 7) is 8.11. The minimum Gasteiger partial charge on any atom is -0.481 e. The molecule has 6 rings (SSSR count). The fourth-order valence-corrected chi connectivity index (χ4v) is 12.3. The molecule has 0 amide bonds. The van der Waals surface area contributed by atoms with Gasteiger partial charge in [0.05, 0.1) is 37.9 Å². The number of carbonyl (C=O) groups is 1. The highest BCUT2D eigenvalue weighted by Gasteiger charge is 2.71. The number of hydrogen-bond acceptors (Lipinski definition) is 10. The van der Waals surface area contributed by atoms with Crippen molar-refractivity contribution in [1.29, 1.82) is 0 Å². The van der Waals surface area contributed by atoms with Gasteiger partial charge in [-0.3, -0.25) is 4.79 Å². The lowest BCUT2D eigenvalue weighted by atomic mass is 9.33. The second-order valence-corrected chi connectivity index (χ2v) is 17.5. The molecule has 0 spiro atoms. The number of ether oxygens (including phenoxy) is 2. The molecule has 1 heterocycles. The fraction of sp³-hybridized carbons (Fsp3) is 0.917. The summed E-state index contributed by atoms with van der Waals surface area (Å²) in [6, 6.07) is 0. The van der Waals surface area contributed by atoms with Gasteiger partial charge in [-0.25, -0.2) is 0 Å². The van der Waals surface area contributed by atoms with Crippen molar-refractivity contribution in [3.8, 4) is 0 Å². The zero-order chi connectivity index (χ0) is 34.4. The minimum absolute atomic E-state index is 0.0723. The molecule has 15 atom stereocenters. The van der Waals surface area contributed by atoms with Gasteiger partial charge >= 0.3 is 5.97 Å². The van der Waals surface area contributed by atoms with Gasteiger partial charge in [0.2, 0.25) is 0 Å². The van der Waals surface area contributed by atoms with Crippen molar-refractivity contribution in [3.05, 3.63) is 11.6 Å². The summed E-state index contributed by atoms with van der Waals surface area (Å²) in [6.07, 6.45) is 1.21. The van der Waals surface area contributed by atoms with E-state index in [2.05, 4.69) is 19.9 Å². The van der Waals surface area contributed by atoms with Crippen LogP contribution in [0.2, 0.25) is 0 Å². The van der Waals surface area contributed by atoms with E-state index in [1.807, 2.05) is 13.8 Å². The molecule has 11 nitrogen and oxygen atoms in total. The van der Waals surface area contributed by atoms with Crippen molar-refractivity contribution in [2.24, 2.45) is 50.2 Å². The molecule has 8 N–H and O–H groups in total. The van der Waals surface area contributed by atoms with Crippen LogP contribution in [0.3, 0.4) is 0 Å². The Labute approximate surface area is 278 Å². The van der Waals surface area contributed by atoms with Crippen LogP contribution in [-0.2, 0) is 14.3 Å². The lowest BCUT2D eigenvalue weighted by Gasteiger charge is -2.71. The Morgan fingerprint density at radius 2 is 1.57 bits per heavy atom. The smallest absolute Gasteiger partial charge is 0.310 e.